The monoisotopic (exact) mass is 307 g/mol. The van der Waals surface area contributed by atoms with Crippen LogP contribution in [0.1, 0.15) is 45.3 Å². The maximum Gasteiger partial charge on any atom is 0.315 e. The number of hydrogen-bond donors (Lipinski definition) is 2. The minimum atomic E-state index is -0.182. The van der Waals surface area contributed by atoms with Crippen LogP contribution in [0.2, 0.25) is 0 Å². The lowest BCUT2D eigenvalue weighted by molar-refractivity contribution is -0.177. The van der Waals surface area contributed by atoms with E-state index in [9.17, 15) is 4.79 Å². The minimum absolute atomic E-state index is 0.0881. The Labute approximate surface area is 130 Å². The Hall–Kier alpha value is -1.63. The summed E-state index contributed by atoms with van der Waals surface area (Å²) in [4.78, 5) is 12.1. The molecule has 122 valence electrons. The van der Waals surface area contributed by atoms with E-state index in [1.807, 2.05) is 0 Å². The summed E-state index contributed by atoms with van der Waals surface area (Å²) in [5.74, 6) is 1.85. The number of methoxy groups -OCH3 is 1. The second kappa shape index (κ2) is 5.22. The number of amides is 2. The highest BCUT2D eigenvalue weighted by Gasteiger charge is 2.58. The second-order valence-electron chi connectivity index (χ2n) is 7.03. The molecular formula is C15H25N5O2. The van der Waals surface area contributed by atoms with Crippen LogP contribution in [0.3, 0.4) is 0 Å². The van der Waals surface area contributed by atoms with Crippen molar-refractivity contribution in [2.75, 3.05) is 7.11 Å². The average Bonchev–Trinajstić information content (AvgIpc) is 3.08. The molecule has 2 aliphatic rings. The van der Waals surface area contributed by atoms with Crippen LogP contribution in [0, 0.1) is 5.41 Å². The van der Waals surface area contributed by atoms with Gasteiger partial charge in [0.2, 0.25) is 0 Å². The number of hydrogen-bond acceptors (Lipinski definition) is 4. The van der Waals surface area contributed by atoms with Gasteiger partial charge in [0.25, 0.3) is 0 Å². The van der Waals surface area contributed by atoms with Gasteiger partial charge in [-0.2, -0.15) is 0 Å². The van der Waals surface area contributed by atoms with E-state index in [-0.39, 0.29) is 23.1 Å². The Morgan fingerprint density at radius 1 is 1.41 bits per heavy atom. The average molecular weight is 307 g/mol. The first-order valence-electron chi connectivity index (χ1n) is 7.88. The first kappa shape index (κ1) is 15.3. The number of carbonyl (C=O) groups is 1. The van der Waals surface area contributed by atoms with Crippen LogP contribution >= 0.6 is 0 Å². The van der Waals surface area contributed by atoms with Crippen molar-refractivity contribution in [2.45, 2.75) is 64.8 Å². The zero-order chi connectivity index (χ0) is 16.0. The molecule has 3 rings (SSSR count). The van der Waals surface area contributed by atoms with Gasteiger partial charge in [-0.15, -0.1) is 10.2 Å². The van der Waals surface area contributed by atoms with Gasteiger partial charge in [0.15, 0.2) is 5.82 Å². The van der Waals surface area contributed by atoms with Crippen LogP contribution in [-0.2, 0) is 24.2 Å². The number of aromatic nitrogens is 3. The fourth-order valence-electron chi connectivity index (χ4n) is 3.43. The third-order valence-corrected chi connectivity index (χ3v) is 5.68. The van der Waals surface area contributed by atoms with E-state index >= 15 is 0 Å². The fraction of sp³-hybridized carbons (Fsp3) is 0.800. The van der Waals surface area contributed by atoms with E-state index in [2.05, 4.69) is 46.2 Å². The van der Waals surface area contributed by atoms with Crippen molar-refractivity contribution in [1.82, 2.24) is 25.4 Å². The van der Waals surface area contributed by atoms with Crippen LogP contribution in [-0.4, -0.2) is 39.5 Å². The highest BCUT2D eigenvalue weighted by atomic mass is 16.5. The van der Waals surface area contributed by atoms with Crippen molar-refractivity contribution < 1.29 is 9.53 Å². The molecule has 7 heteroatoms. The van der Waals surface area contributed by atoms with Gasteiger partial charge >= 0.3 is 6.03 Å². The van der Waals surface area contributed by atoms with Crippen molar-refractivity contribution in [2.24, 2.45) is 5.41 Å². The van der Waals surface area contributed by atoms with Gasteiger partial charge in [-0.1, -0.05) is 13.8 Å². The molecule has 1 aromatic heterocycles. The van der Waals surface area contributed by atoms with Gasteiger partial charge in [-0.25, -0.2) is 4.79 Å². The van der Waals surface area contributed by atoms with Crippen LogP contribution in [0.15, 0.2) is 0 Å². The van der Waals surface area contributed by atoms with E-state index < -0.39 is 0 Å². The molecule has 1 saturated carbocycles. The molecule has 0 spiro atoms. The quantitative estimate of drug-likeness (QED) is 0.876. The summed E-state index contributed by atoms with van der Waals surface area (Å²) in [7, 11) is 1.73. The first-order chi connectivity index (χ1) is 10.4. The van der Waals surface area contributed by atoms with Crippen LogP contribution in [0.5, 0.6) is 0 Å². The molecule has 0 aromatic carbocycles. The van der Waals surface area contributed by atoms with E-state index in [1.165, 1.54) is 0 Å². The highest BCUT2D eigenvalue weighted by molar-refractivity contribution is 5.74. The van der Waals surface area contributed by atoms with Gasteiger partial charge in [-0.05, 0) is 19.8 Å². The van der Waals surface area contributed by atoms with E-state index in [1.54, 1.807) is 7.11 Å². The summed E-state index contributed by atoms with van der Waals surface area (Å²) in [6.45, 7) is 7.69. The van der Waals surface area contributed by atoms with Gasteiger partial charge in [0, 0.05) is 31.5 Å². The van der Waals surface area contributed by atoms with Crippen molar-refractivity contribution >= 4 is 6.03 Å². The van der Waals surface area contributed by atoms with E-state index in [4.69, 9.17) is 4.74 Å². The zero-order valence-corrected chi connectivity index (χ0v) is 13.8. The molecule has 2 atom stereocenters. The number of nitrogens with one attached hydrogen (secondary N) is 2. The standard InChI is InChI=1S/C15H25N5O2/c1-14(2)10(8-15(14,3)22-4)17-13(21)16-9-12-19-18-11-6-5-7-20(11)12/h10H,5-9H2,1-4H3,(H2,16,17,21). The highest BCUT2D eigenvalue weighted by Crippen LogP contribution is 2.51. The lowest BCUT2D eigenvalue weighted by Gasteiger charge is -2.59. The Morgan fingerprint density at radius 3 is 2.86 bits per heavy atom. The van der Waals surface area contributed by atoms with Crippen molar-refractivity contribution in [1.29, 1.82) is 0 Å². The number of urea groups is 1. The normalized spacial score (nSPS) is 28.8. The molecule has 2 heterocycles. The molecule has 1 aliphatic heterocycles. The molecular weight excluding hydrogens is 282 g/mol. The third-order valence-electron chi connectivity index (χ3n) is 5.68. The Kier molecular flexibility index (Phi) is 3.63. The molecule has 22 heavy (non-hydrogen) atoms. The molecule has 2 amide bonds. The molecule has 2 N–H and O–H groups in total. The Morgan fingerprint density at radius 2 is 2.18 bits per heavy atom. The predicted octanol–water partition coefficient (Wildman–Crippen LogP) is 1.23. The number of nitrogens with zero attached hydrogens (tertiary/aromatic N) is 3. The van der Waals surface area contributed by atoms with Crippen molar-refractivity contribution in [3.05, 3.63) is 11.6 Å². The molecule has 1 fully saturated rings. The second-order valence-corrected chi connectivity index (χ2v) is 7.03. The molecule has 1 aliphatic carbocycles. The Bertz CT molecular complexity index is 582. The van der Waals surface area contributed by atoms with Gasteiger partial charge in [0.1, 0.15) is 5.82 Å². The van der Waals surface area contributed by atoms with Gasteiger partial charge in [-0.3, -0.25) is 0 Å². The summed E-state index contributed by atoms with van der Waals surface area (Å²) in [6, 6.07) is -0.0480. The topological polar surface area (TPSA) is 81.1 Å². The molecule has 1 aromatic rings. The molecule has 7 nitrogen and oxygen atoms in total. The maximum atomic E-state index is 12.1. The van der Waals surface area contributed by atoms with Crippen molar-refractivity contribution in [3.63, 3.8) is 0 Å². The predicted molar refractivity (Wildman–Crippen MR) is 81.3 cm³/mol. The summed E-state index contributed by atoms with van der Waals surface area (Å²) in [6.07, 6.45) is 2.91. The lowest BCUT2D eigenvalue weighted by atomic mass is 9.56. The van der Waals surface area contributed by atoms with Gasteiger partial charge in [0.05, 0.1) is 12.1 Å². The third kappa shape index (κ3) is 2.27. The Balaban J connectivity index is 1.51. The zero-order valence-electron chi connectivity index (χ0n) is 13.8. The summed E-state index contributed by atoms with van der Waals surface area (Å²) in [5.41, 5.74) is -0.270. The van der Waals surface area contributed by atoms with E-state index in [0.29, 0.717) is 6.54 Å². The largest absolute Gasteiger partial charge is 0.378 e. The van der Waals surface area contributed by atoms with E-state index in [0.717, 1.165) is 37.5 Å². The molecule has 0 saturated heterocycles. The molecule has 0 bridgehead atoms. The van der Waals surface area contributed by atoms with Gasteiger partial charge < -0.3 is 19.9 Å². The number of aryl methyl sites for hydroxylation is 1. The number of carbonyl (C=O) groups excluding carboxylic acids is 1. The minimum Gasteiger partial charge on any atom is -0.378 e. The lowest BCUT2D eigenvalue weighted by Crippen LogP contribution is -2.69. The summed E-state index contributed by atoms with van der Waals surface area (Å²) in [5, 5.41) is 14.2. The van der Waals surface area contributed by atoms with Crippen LogP contribution in [0.4, 0.5) is 4.79 Å². The number of ether oxygens (including phenoxy) is 1. The molecule has 0 radical (unpaired) electrons. The van der Waals surface area contributed by atoms with Crippen molar-refractivity contribution in [3.8, 4) is 0 Å². The van der Waals surface area contributed by atoms with Crippen LogP contribution < -0.4 is 10.6 Å². The fourth-order valence-corrected chi connectivity index (χ4v) is 3.43. The summed E-state index contributed by atoms with van der Waals surface area (Å²) < 4.78 is 7.67. The maximum absolute atomic E-state index is 12.1. The number of rotatable bonds is 4. The number of fused-ring (bicyclic) bond motifs is 1. The van der Waals surface area contributed by atoms with Crippen LogP contribution in [0.25, 0.3) is 0 Å². The molecule has 2 unspecified atom stereocenters. The smallest absolute Gasteiger partial charge is 0.315 e. The SMILES string of the molecule is COC1(C)CC(NC(=O)NCc2nnc3n2CCC3)C1(C)C. The summed E-state index contributed by atoms with van der Waals surface area (Å²) >= 11 is 0. The first-order valence-corrected chi connectivity index (χ1v) is 7.88.